The molecule has 0 atom stereocenters. The van der Waals surface area contributed by atoms with Crippen molar-refractivity contribution in [2.45, 2.75) is 77.2 Å². The minimum absolute atomic E-state index is 0.0573. The molecule has 228 valence electrons. The van der Waals surface area contributed by atoms with Crippen molar-refractivity contribution in [3.05, 3.63) is 59.4 Å². The van der Waals surface area contributed by atoms with Crippen molar-refractivity contribution >= 4 is 28.2 Å². The Morgan fingerprint density at radius 1 is 0.860 bits per heavy atom. The SMILES string of the molecule is COc1cnc2ccc(F)c(CN(Cc3c(F)ccc4ncc(OC)nc34)[C@H]3CC[C@H](NC(=O)OC(C)(C)C)CC3)c2n1. The fraction of sp³-hybridized carbons (Fsp3) is 0.452. The number of ether oxygens (including phenoxy) is 3. The molecular formula is C31H36F2N6O4. The first-order chi connectivity index (χ1) is 20.5. The maximum atomic E-state index is 15.5. The first-order valence-corrected chi connectivity index (χ1v) is 14.2. The summed E-state index contributed by atoms with van der Waals surface area (Å²) in [7, 11) is 2.95. The van der Waals surface area contributed by atoms with E-state index in [4.69, 9.17) is 14.2 Å². The molecule has 1 amide bonds. The van der Waals surface area contributed by atoms with Crippen LogP contribution in [0.3, 0.4) is 0 Å². The Labute approximate surface area is 248 Å². The number of benzene rings is 2. The second-order valence-electron chi connectivity index (χ2n) is 11.7. The van der Waals surface area contributed by atoms with Crippen LogP contribution >= 0.6 is 0 Å². The van der Waals surface area contributed by atoms with Crippen molar-refractivity contribution in [1.29, 1.82) is 0 Å². The molecule has 10 nitrogen and oxygen atoms in total. The minimum atomic E-state index is -0.597. The molecule has 0 radical (unpaired) electrons. The lowest BCUT2D eigenvalue weighted by atomic mass is 9.89. The molecule has 1 saturated carbocycles. The number of rotatable bonds is 8. The van der Waals surface area contributed by atoms with E-state index in [2.05, 4.69) is 25.3 Å². The Hall–Kier alpha value is -4.19. The lowest BCUT2D eigenvalue weighted by Crippen LogP contribution is -2.45. The maximum Gasteiger partial charge on any atom is 0.407 e. The Morgan fingerprint density at radius 2 is 1.35 bits per heavy atom. The number of hydrogen-bond acceptors (Lipinski definition) is 9. The van der Waals surface area contributed by atoms with E-state index in [1.165, 1.54) is 38.7 Å². The minimum Gasteiger partial charge on any atom is -0.480 e. The van der Waals surface area contributed by atoms with Gasteiger partial charge < -0.3 is 19.5 Å². The summed E-state index contributed by atoms with van der Waals surface area (Å²) >= 11 is 0. The smallest absolute Gasteiger partial charge is 0.407 e. The lowest BCUT2D eigenvalue weighted by Gasteiger charge is -2.37. The second kappa shape index (κ2) is 12.6. The van der Waals surface area contributed by atoms with E-state index >= 15 is 8.78 Å². The molecule has 0 spiro atoms. The third-order valence-corrected chi connectivity index (χ3v) is 7.56. The summed E-state index contributed by atoms with van der Waals surface area (Å²) in [6.07, 6.45) is 5.24. The van der Waals surface area contributed by atoms with Gasteiger partial charge in [-0.05, 0) is 70.7 Å². The van der Waals surface area contributed by atoms with Gasteiger partial charge in [-0.1, -0.05) is 0 Å². The topological polar surface area (TPSA) is 112 Å². The van der Waals surface area contributed by atoms with E-state index in [0.717, 1.165) is 0 Å². The van der Waals surface area contributed by atoms with Crippen LogP contribution in [0.25, 0.3) is 22.1 Å². The standard InChI is InChI=1S/C31H36F2N6O4/c1-31(2,3)43-30(40)36-18-6-8-19(9-7-18)39(16-20-22(32)10-12-24-28(20)37-26(41-4)14-34-24)17-21-23(33)11-13-25-29(21)38-27(42-5)15-35-25/h10-15,18-19H,6-9,16-17H2,1-5H3,(H,36,40)/t18-,19-. The van der Waals surface area contributed by atoms with Crippen LogP contribution < -0.4 is 14.8 Å². The molecule has 0 aliphatic heterocycles. The summed E-state index contributed by atoms with van der Waals surface area (Å²) in [5.74, 6) is -0.357. The third-order valence-electron chi connectivity index (χ3n) is 7.56. The number of carbonyl (C=O) groups excluding carboxylic acids is 1. The molecule has 1 N–H and O–H groups in total. The molecule has 43 heavy (non-hydrogen) atoms. The van der Waals surface area contributed by atoms with Crippen LogP contribution in [-0.2, 0) is 17.8 Å². The molecule has 1 fully saturated rings. The Balaban J connectivity index is 1.48. The van der Waals surface area contributed by atoms with Gasteiger partial charge in [0.25, 0.3) is 0 Å². The summed E-state index contributed by atoms with van der Waals surface area (Å²) in [6, 6.07) is 5.76. The number of carbonyl (C=O) groups is 1. The van der Waals surface area contributed by atoms with E-state index in [0.29, 0.717) is 58.9 Å². The molecule has 1 aliphatic carbocycles. The van der Waals surface area contributed by atoms with Crippen LogP contribution in [0.4, 0.5) is 13.6 Å². The number of halogens is 2. The average molecular weight is 595 g/mol. The zero-order chi connectivity index (χ0) is 30.7. The molecule has 2 aromatic heterocycles. The molecule has 4 aromatic rings. The largest absolute Gasteiger partial charge is 0.480 e. The summed E-state index contributed by atoms with van der Waals surface area (Å²) in [5, 5.41) is 2.96. The zero-order valence-electron chi connectivity index (χ0n) is 25.0. The number of hydrogen-bond donors (Lipinski definition) is 1. The van der Waals surface area contributed by atoms with E-state index < -0.39 is 23.3 Å². The van der Waals surface area contributed by atoms with Crippen molar-refractivity contribution in [3.63, 3.8) is 0 Å². The van der Waals surface area contributed by atoms with Gasteiger partial charge in [-0.25, -0.2) is 33.5 Å². The molecule has 5 rings (SSSR count). The number of amides is 1. The summed E-state index contributed by atoms with van der Waals surface area (Å²) < 4.78 is 46.9. The predicted octanol–water partition coefficient (Wildman–Crippen LogP) is 5.71. The summed E-state index contributed by atoms with van der Waals surface area (Å²) in [5.41, 5.74) is 1.88. The Kier molecular flexibility index (Phi) is 8.86. The second-order valence-corrected chi connectivity index (χ2v) is 11.7. The van der Waals surface area contributed by atoms with Gasteiger partial charge in [0.15, 0.2) is 0 Å². The predicted molar refractivity (Wildman–Crippen MR) is 157 cm³/mol. The fourth-order valence-electron chi connectivity index (χ4n) is 5.46. The normalized spacial score (nSPS) is 17.3. The van der Waals surface area contributed by atoms with Crippen molar-refractivity contribution < 1.29 is 27.8 Å². The van der Waals surface area contributed by atoms with Crippen LogP contribution in [0.1, 0.15) is 57.6 Å². The van der Waals surface area contributed by atoms with E-state index in [9.17, 15) is 4.79 Å². The maximum absolute atomic E-state index is 15.5. The van der Waals surface area contributed by atoms with Crippen molar-refractivity contribution in [2.75, 3.05) is 14.2 Å². The van der Waals surface area contributed by atoms with Gasteiger partial charge in [-0.3, -0.25) is 4.90 Å². The van der Waals surface area contributed by atoms with E-state index in [1.54, 1.807) is 12.1 Å². The first kappa shape index (κ1) is 30.3. The number of fused-ring (bicyclic) bond motifs is 2. The molecule has 0 unspecified atom stereocenters. The van der Waals surface area contributed by atoms with Crippen molar-refractivity contribution in [1.82, 2.24) is 30.2 Å². The molecular weight excluding hydrogens is 558 g/mol. The van der Waals surface area contributed by atoms with Gasteiger partial charge in [0.05, 0.1) is 37.6 Å². The molecule has 0 saturated heterocycles. The number of methoxy groups -OCH3 is 2. The lowest BCUT2D eigenvalue weighted by molar-refractivity contribution is 0.0472. The van der Waals surface area contributed by atoms with Gasteiger partial charge in [0, 0.05) is 36.3 Å². The van der Waals surface area contributed by atoms with Gasteiger partial charge in [-0.2, -0.15) is 0 Å². The monoisotopic (exact) mass is 594 g/mol. The zero-order valence-corrected chi connectivity index (χ0v) is 25.0. The van der Waals surface area contributed by atoms with Crippen molar-refractivity contribution in [3.8, 4) is 11.8 Å². The van der Waals surface area contributed by atoms with Gasteiger partial charge in [0.2, 0.25) is 11.8 Å². The van der Waals surface area contributed by atoms with Gasteiger partial charge in [0.1, 0.15) is 28.3 Å². The van der Waals surface area contributed by atoms with Crippen LogP contribution in [-0.4, -0.2) is 62.8 Å². The fourth-order valence-corrected chi connectivity index (χ4v) is 5.46. The van der Waals surface area contributed by atoms with Gasteiger partial charge >= 0.3 is 6.09 Å². The number of alkyl carbamates (subject to hydrolysis) is 1. The van der Waals surface area contributed by atoms with Crippen LogP contribution in [0.2, 0.25) is 0 Å². The summed E-state index contributed by atoms with van der Waals surface area (Å²) in [4.78, 5) is 32.2. The highest BCUT2D eigenvalue weighted by Crippen LogP contribution is 2.31. The Bertz CT molecular complexity index is 1530. The Morgan fingerprint density at radius 3 is 1.79 bits per heavy atom. The number of aromatic nitrogens is 4. The highest BCUT2D eigenvalue weighted by molar-refractivity contribution is 5.79. The first-order valence-electron chi connectivity index (χ1n) is 14.2. The molecule has 2 heterocycles. The van der Waals surface area contributed by atoms with Gasteiger partial charge in [-0.15, -0.1) is 0 Å². The van der Waals surface area contributed by atoms with Crippen molar-refractivity contribution in [2.24, 2.45) is 0 Å². The number of nitrogens with one attached hydrogen (secondary N) is 1. The molecule has 2 aromatic carbocycles. The quantitative estimate of drug-likeness (QED) is 0.274. The molecule has 1 aliphatic rings. The summed E-state index contributed by atoms with van der Waals surface area (Å²) in [6.45, 7) is 5.72. The molecule has 0 bridgehead atoms. The number of nitrogens with zero attached hydrogens (tertiary/aromatic N) is 5. The highest BCUT2D eigenvalue weighted by atomic mass is 19.1. The highest BCUT2D eigenvalue weighted by Gasteiger charge is 2.30. The molecule has 12 heteroatoms. The average Bonchev–Trinajstić information content (AvgIpc) is 2.98. The van der Waals surface area contributed by atoms with Crippen LogP contribution in [0.5, 0.6) is 11.8 Å². The van der Waals surface area contributed by atoms with Crippen LogP contribution in [0.15, 0.2) is 36.7 Å². The van der Waals surface area contributed by atoms with E-state index in [1.807, 2.05) is 25.7 Å². The third kappa shape index (κ3) is 7.07. The van der Waals surface area contributed by atoms with Crippen LogP contribution in [0, 0.1) is 11.6 Å². The van der Waals surface area contributed by atoms with E-state index in [-0.39, 0.29) is 36.9 Å².